The number of rotatable bonds is 5. The van der Waals surface area contributed by atoms with E-state index in [2.05, 4.69) is 41.3 Å². The average molecular weight is 244 g/mol. The Bertz CT molecular complexity index is 516. The molecule has 0 spiro atoms. The lowest BCUT2D eigenvalue weighted by Crippen LogP contribution is -2.03. The summed E-state index contributed by atoms with van der Waals surface area (Å²) in [5.41, 5.74) is 7.94. The fourth-order valence-corrected chi connectivity index (χ4v) is 2.05. The van der Waals surface area contributed by atoms with Crippen LogP contribution in [0.2, 0.25) is 0 Å². The van der Waals surface area contributed by atoms with E-state index in [1.807, 2.05) is 11.7 Å². The molecular formula is C14H20N4. The molecule has 0 aliphatic rings. The monoisotopic (exact) mass is 244 g/mol. The van der Waals surface area contributed by atoms with Gasteiger partial charge >= 0.3 is 0 Å². The second kappa shape index (κ2) is 5.78. The Balaban J connectivity index is 2.32. The summed E-state index contributed by atoms with van der Waals surface area (Å²) in [5.74, 6) is 1.84. The van der Waals surface area contributed by atoms with E-state index < -0.39 is 0 Å². The first kappa shape index (κ1) is 12.8. The van der Waals surface area contributed by atoms with Gasteiger partial charge in [-0.3, -0.25) is 0 Å². The molecule has 2 rings (SSSR count). The van der Waals surface area contributed by atoms with Crippen molar-refractivity contribution in [2.45, 2.75) is 26.2 Å². The molecule has 1 aromatic heterocycles. The van der Waals surface area contributed by atoms with E-state index in [-0.39, 0.29) is 0 Å². The highest BCUT2D eigenvalue weighted by molar-refractivity contribution is 5.56. The van der Waals surface area contributed by atoms with E-state index in [0.29, 0.717) is 6.54 Å². The number of benzene rings is 1. The van der Waals surface area contributed by atoms with Gasteiger partial charge in [0.25, 0.3) is 0 Å². The van der Waals surface area contributed by atoms with Crippen LogP contribution in [0.3, 0.4) is 0 Å². The van der Waals surface area contributed by atoms with Crippen LogP contribution in [-0.2, 0) is 19.9 Å². The Morgan fingerprint density at radius 2 is 2.11 bits per heavy atom. The topological polar surface area (TPSA) is 56.7 Å². The van der Waals surface area contributed by atoms with Gasteiger partial charge in [-0.05, 0) is 31.0 Å². The Morgan fingerprint density at radius 3 is 2.83 bits per heavy atom. The second-order valence-corrected chi connectivity index (χ2v) is 4.46. The van der Waals surface area contributed by atoms with Crippen molar-refractivity contribution in [3.8, 4) is 11.4 Å². The number of aromatic nitrogens is 3. The summed E-state index contributed by atoms with van der Waals surface area (Å²) in [6.07, 6.45) is 2.89. The number of hydrogen-bond acceptors (Lipinski definition) is 3. The number of hydrogen-bond donors (Lipinski definition) is 1. The first-order chi connectivity index (χ1) is 8.74. The first-order valence-electron chi connectivity index (χ1n) is 6.44. The SMILES string of the molecule is CCCc1nc(-c2cccc(CCN)c2)n(C)n1. The molecule has 4 heteroatoms. The summed E-state index contributed by atoms with van der Waals surface area (Å²) in [5, 5.41) is 4.43. The Kier molecular flexibility index (Phi) is 4.10. The molecule has 2 N–H and O–H groups in total. The van der Waals surface area contributed by atoms with Crippen LogP contribution in [-0.4, -0.2) is 21.3 Å². The van der Waals surface area contributed by atoms with E-state index in [1.165, 1.54) is 5.56 Å². The third kappa shape index (κ3) is 2.76. The average Bonchev–Trinajstić information content (AvgIpc) is 2.72. The minimum absolute atomic E-state index is 0.670. The van der Waals surface area contributed by atoms with Crippen LogP contribution in [0.15, 0.2) is 24.3 Å². The number of nitrogens with zero attached hydrogens (tertiary/aromatic N) is 3. The Morgan fingerprint density at radius 1 is 1.28 bits per heavy atom. The van der Waals surface area contributed by atoms with Gasteiger partial charge in [0.05, 0.1) is 0 Å². The van der Waals surface area contributed by atoms with E-state index in [0.717, 1.165) is 36.5 Å². The molecule has 0 bridgehead atoms. The molecule has 0 unspecified atom stereocenters. The van der Waals surface area contributed by atoms with Crippen LogP contribution in [0.25, 0.3) is 11.4 Å². The summed E-state index contributed by atoms with van der Waals surface area (Å²) < 4.78 is 1.85. The van der Waals surface area contributed by atoms with Crippen molar-refractivity contribution in [3.05, 3.63) is 35.7 Å². The summed E-state index contributed by atoms with van der Waals surface area (Å²) in [6, 6.07) is 8.36. The standard InChI is InChI=1S/C14H20N4/c1-3-5-13-16-14(18(2)17-13)12-7-4-6-11(10-12)8-9-15/h4,6-7,10H,3,5,8-9,15H2,1-2H3. The van der Waals surface area contributed by atoms with E-state index in [4.69, 9.17) is 5.73 Å². The van der Waals surface area contributed by atoms with Gasteiger partial charge in [-0.25, -0.2) is 9.67 Å². The van der Waals surface area contributed by atoms with E-state index in [1.54, 1.807) is 0 Å². The molecule has 0 fully saturated rings. The number of aryl methyl sites for hydroxylation is 2. The first-order valence-corrected chi connectivity index (χ1v) is 6.44. The smallest absolute Gasteiger partial charge is 0.158 e. The van der Waals surface area contributed by atoms with Crippen LogP contribution in [0.5, 0.6) is 0 Å². The maximum Gasteiger partial charge on any atom is 0.158 e. The lowest BCUT2D eigenvalue weighted by Gasteiger charge is -2.03. The Hall–Kier alpha value is -1.68. The molecule has 0 atom stereocenters. The van der Waals surface area contributed by atoms with Gasteiger partial charge in [-0.1, -0.05) is 25.1 Å². The molecule has 0 saturated heterocycles. The minimum Gasteiger partial charge on any atom is -0.330 e. The summed E-state index contributed by atoms with van der Waals surface area (Å²) >= 11 is 0. The van der Waals surface area contributed by atoms with Gasteiger partial charge in [0.2, 0.25) is 0 Å². The zero-order valence-corrected chi connectivity index (χ0v) is 11.1. The molecule has 96 valence electrons. The molecule has 0 aliphatic carbocycles. The zero-order chi connectivity index (χ0) is 13.0. The molecule has 0 saturated carbocycles. The molecule has 2 aromatic rings. The maximum absolute atomic E-state index is 5.59. The molecule has 18 heavy (non-hydrogen) atoms. The van der Waals surface area contributed by atoms with Gasteiger partial charge in [-0.15, -0.1) is 0 Å². The second-order valence-electron chi connectivity index (χ2n) is 4.46. The fourth-order valence-electron chi connectivity index (χ4n) is 2.05. The highest BCUT2D eigenvalue weighted by Crippen LogP contribution is 2.18. The summed E-state index contributed by atoms with van der Waals surface area (Å²) in [6.45, 7) is 2.81. The molecular weight excluding hydrogens is 224 g/mol. The third-order valence-corrected chi connectivity index (χ3v) is 2.90. The summed E-state index contributed by atoms with van der Waals surface area (Å²) in [4.78, 5) is 4.59. The van der Waals surface area contributed by atoms with Gasteiger partial charge in [-0.2, -0.15) is 5.10 Å². The molecule has 0 radical (unpaired) electrons. The normalized spacial score (nSPS) is 10.8. The van der Waals surface area contributed by atoms with Crippen molar-refractivity contribution in [3.63, 3.8) is 0 Å². The maximum atomic E-state index is 5.59. The van der Waals surface area contributed by atoms with Gasteiger partial charge in [0, 0.05) is 19.0 Å². The number of nitrogens with two attached hydrogens (primary N) is 1. The van der Waals surface area contributed by atoms with Crippen molar-refractivity contribution in [2.24, 2.45) is 12.8 Å². The molecule has 1 heterocycles. The van der Waals surface area contributed by atoms with Crippen molar-refractivity contribution in [2.75, 3.05) is 6.54 Å². The van der Waals surface area contributed by atoms with E-state index >= 15 is 0 Å². The lowest BCUT2D eigenvalue weighted by molar-refractivity contribution is 0.737. The molecule has 4 nitrogen and oxygen atoms in total. The van der Waals surface area contributed by atoms with Crippen molar-refractivity contribution in [1.82, 2.24) is 14.8 Å². The largest absolute Gasteiger partial charge is 0.330 e. The highest BCUT2D eigenvalue weighted by atomic mass is 15.3. The van der Waals surface area contributed by atoms with Gasteiger partial charge in [0.1, 0.15) is 0 Å². The van der Waals surface area contributed by atoms with Crippen LogP contribution < -0.4 is 5.73 Å². The van der Waals surface area contributed by atoms with Gasteiger partial charge in [0.15, 0.2) is 11.6 Å². The minimum atomic E-state index is 0.670. The zero-order valence-electron chi connectivity index (χ0n) is 11.1. The highest BCUT2D eigenvalue weighted by Gasteiger charge is 2.09. The van der Waals surface area contributed by atoms with E-state index in [9.17, 15) is 0 Å². The van der Waals surface area contributed by atoms with Crippen molar-refractivity contribution < 1.29 is 0 Å². The Labute approximate surface area is 108 Å². The predicted octanol–water partition coefficient (Wildman–Crippen LogP) is 1.94. The van der Waals surface area contributed by atoms with Gasteiger partial charge < -0.3 is 5.73 Å². The van der Waals surface area contributed by atoms with Crippen LogP contribution in [0.1, 0.15) is 24.7 Å². The van der Waals surface area contributed by atoms with Crippen LogP contribution in [0.4, 0.5) is 0 Å². The third-order valence-electron chi connectivity index (χ3n) is 2.90. The quantitative estimate of drug-likeness (QED) is 0.874. The van der Waals surface area contributed by atoms with Crippen LogP contribution in [0, 0.1) is 0 Å². The molecule has 1 aromatic carbocycles. The predicted molar refractivity (Wildman–Crippen MR) is 73.2 cm³/mol. The molecule has 0 aliphatic heterocycles. The lowest BCUT2D eigenvalue weighted by atomic mass is 10.1. The fraction of sp³-hybridized carbons (Fsp3) is 0.429. The summed E-state index contributed by atoms with van der Waals surface area (Å²) in [7, 11) is 1.94. The van der Waals surface area contributed by atoms with Crippen molar-refractivity contribution in [1.29, 1.82) is 0 Å². The van der Waals surface area contributed by atoms with Crippen LogP contribution >= 0.6 is 0 Å². The molecule has 0 amide bonds. The van der Waals surface area contributed by atoms with Crippen molar-refractivity contribution >= 4 is 0 Å².